The first kappa shape index (κ1) is 18.1. The first-order chi connectivity index (χ1) is 11.3. The van der Waals surface area contributed by atoms with Crippen molar-refractivity contribution in [3.8, 4) is 0 Å². The topological polar surface area (TPSA) is 148 Å². The summed E-state index contributed by atoms with van der Waals surface area (Å²) in [6.07, 6.45) is 0.189. The maximum atomic E-state index is 12.0. The third kappa shape index (κ3) is 4.63. The maximum Gasteiger partial charge on any atom is 0.293 e. The fourth-order valence-corrected chi connectivity index (χ4v) is 2.90. The number of nitrogens with two attached hydrogens (primary N) is 1. The van der Waals surface area contributed by atoms with Gasteiger partial charge in [-0.15, -0.1) is 0 Å². The number of hydrogen-bond donors (Lipinski definition) is 3. The molecule has 1 aromatic carbocycles. The summed E-state index contributed by atoms with van der Waals surface area (Å²) >= 11 is 0. The summed E-state index contributed by atoms with van der Waals surface area (Å²) in [5.41, 5.74) is -0.267. The van der Waals surface area contributed by atoms with Gasteiger partial charge >= 0.3 is 0 Å². The van der Waals surface area contributed by atoms with E-state index in [0.717, 1.165) is 19.2 Å². The van der Waals surface area contributed by atoms with Crippen molar-refractivity contribution in [2.45, 2.75) is 11.3 Å². The number of primary sulfonamides is 1. The molecule has 1 fully saturated rings. The van der Waals surface area contributed by atoms with Crippen LogP contribution in [0.1, 0.15) is 6.42 Å². The predicted molar refractivity (Wildman–Crippen MR) is 87.0 cm³/mol. The summed E-state index contributed by atoms with van der Waals surface area (Å²) in [6.45, 7) is 2.99. The van der Waals surface area contributed by atoms with Crippen LogP contribution in [0.4, 0.5) is 11.4 Å². The van der Waals surface area contributed by atoms with Crippen molar-refractivity contribution in [2.24, 2.45) is 5.14 Å². The van der Waals surface area contributed by atoms with Crippen LogP contribution in [0.2, 0.25) is 0 Å². The molecule has 1 aromatic rings. The number of amides is 1. The Morgan fingerprint density at radius 3 is 2.62 bits per heavy atom. The zero-order valence-electron chi connectivity index (χ0n) is 12.9. The molecule has 0 saturated carbocycles. The van der Waals surface area contributed by atoms with Gasteiger partial charge in [0.2, 0.25) is 15.9 Å². The first-order valence-electron chi connectivity index (χ1n) is 7.32. The van der Waals surface area contributed by atoms with E-state index in [1.54, 1.807) is 4.90 Å². The van der Waals surface area contributed by atoms with Gasteiger partial charge in [0.1, 0.15) is 5.69 Å². The summed E-state index contributed by atoms with van der Waals surface area (Å²) < 4.78 is 22.6. The molecule has 2 rings (SSSR count). The van der Waals surface area contributed by atoms with Gasteiger partial charge in [-0.3, -0.25) is 14.9 Å². The number of nitro groups is 1. The zero-order valence-corrected chi connectivity index (χ0v) is 13.7. The van der Waals surface area contributed by atoms with Gasteiger partial charge in [0.15, 0.2) is 0 Å². The van der Waals surface area contributed by atoms with Crippen LogP contribution >= 0.6 is 0 Å². The molecule has 1 heterocycles. The second-order valence-corrected chi connectivity index (χ2v) is 6.85. The van der Waals surface area contributed by atoms with Gasteiger partial charge in [-0.25, -0.2) is 13.6 Å². The molecule has 1 aliphatic heterocycles. The van der Waals surface area contributed by atoms with Crippen LogP contribution in [0.15, 0.2) is 23.1 Å². The Bertz CT molecular complexity index is 730. The number of piperazine rings is 1. The summed E-state index contributed by atoms with van der Waals surface area (Å²) in [5.74, 6) is -0.0344. The van der Waals surface area contributed by atoms with Crippen molar-refractivity contribution < 1.29 is 18.1 Å². The summed E-state index contributed by atoms with van der Waals surface area (Å²) in [7, 11) is -4.02. The minimum absolute atomic E-state index is 0.0344. The van der Waals surface area contributed by atoms with Gasteiger partial charge in [0, 0.05) is 45.2 Å². The highest BCUT2D eigenvalue weighted by Gasteiger charge is 2.20. The number of rotatable bonds is 6. The van der Waals surface area contributed by atoms with Gasteiger partial charge < -0.3 is 15.5 Å². The second-order valence-electron chi connectivity index (χ2n) is 5.29. The molecule has 132 valence electrons. The van der Waals surface area contributed by atoms with Gasteiger partial charge in [-0.05, 0) is 12.1 Å². The highest BCUT2D eigenvalue weighted by Crippen LogP contribution is 2.27. The van der Waals surface area contributed by atoms with Gasteiger partial charge in [0.25, 0.3) is 5.69 Å². The summed E-state index contributed by atoms with van der Waals surface area (Å²) in [5, 5.41) is 22.0. The maximum absolute atomic E-state index is 12.0. The second kappa shape index (κ2) is 7.55. The Labute approximate surface area is 139 Å². The van der Waals surface area contributed by atoms with Crippen molar-refractivity contribution in [3.63, 3.8) is 0 Å². The van der Waals surface area contributed by atoms with E-state index < -0.39 is 20.6 Å². The molecule has 0 atom stereocenters. The number of carbonyl (C=O) groups is 1. The molecule has 0 aromatic heterocycles. The van der Waals surface area contributed by atoms with E-state index in [1.807, 2.05) is 0 Å². The number of carbonyl (C=O) groups excluding carboxylic acids is 1. The molecule has 10 nitrogen and oxygen atoms in total. The molecule has 0 spiro atoms. The summed E-state index contributed by atoms with van der Waals surface area (Å²) in [6, 6.07) is 3.35. The molecule has 24 heavy (non-hydrogen) atoms. The lowest BCUT2D eigenvalue weighted by molar-refractivity contribution is -0.384. The van der Waals surface area contributed by atoms with E-state index in [-0.39, 0.29) is 29.5 Å². The largest absolute Gasteiger partial charge is 0.379 e. The lowest BCUT2D eigenvalue weighted by atomic mass is 10.2. The number of anilines is 1. The Kier molecular flexibility index (Phi) is 5.70. The van der Waals surface area contributed by atoms with Crippen molar-refractivity contribution in [3.05, 3.63) is 28.3 Å². The average molecular weight is 357 g/mol. The van der Waals surface area contributed by atoms with Crippen LogP contribution in [-0.4, -0.2) is 56.9 Å². The molecular formula is C13H19N5O5S. The lowest BCUT2D eigenvalue weighted by Crippen LogP contribution is -2.46. The lowest BCUT2D eigenvalue weighted by Gasteiger charge is -2.27. The molecule has 0 radical (unpaired) electrons. The molecule has 4 N–H and O–H groups in total. The van der Waals surface area contributed by atoms with Crippen LogP contribution < -0.4 is 15.8 Å². The van der Waals surface area contributed by atoms with E-state index in [1.165, 1.54) is 12.1 Å². The van der Waals surface area contributed by atoms with Crippen molar-refractivity contribution in [1.82, 2.24) is 10.2 Å². The van der Waals surface area contributed by atoms with Crippen molar-refractivity contribution >= 4 is 27.3 Å². The van der Waals surface area contributed by atoms with Crippen LogP contribution in [0.5, 0.6) is 0 Å². The number of sulfonamides is 1. The Morgan fingerprint density at radius 2 is 2.04 bits per heavy atom. The standard InChI is InChI=1S/C13H19N5O5S/c14-24(22,23)10-1-2-11(12(9-10)18(20)21)16-4-3-13(19)17-7-5-15-6-8-17/h1-2,9,15-16H,3-8H2,(H2,14,22,23). The van der Waals surface area contributed by atoms with Crippen molar-refractivity contribution in [1.29, 1.82) is 0 Å². The molecule has 1 aliphatic rings. The van der Waals surface area contributed by atoms with Crippen molar-refractivity contribution in [2.75, 3.05) is 38.0 Å². The molecule has 0 unspecified atom stereocenters. The minimum atomic E-state index is -4.02. The van der Waals surface area contributed by atoms with E-state index >= 15 is 0 Å². The normalized spacial score (nSPS) is 15.1. The van der Waals surface area contributed by atoms with Crippen LogP contribution in [0.3, 0.4) is 0 Å². The number of nitrogens with zero attached hydrogens (tertiary/aromatic N) is 2. The Hall–Kier alpha value is -2.24. The van der Waals surface area contributed by atoms with Crippen LogP contribution in [0.25, 0.3) is 0 Å². The van der Waals surface area contributed by atoms with Crippen LogP contribution in [0, 0.1) is 10.1 Å². The van der Waals surface area contributed by atoms with E-state index in [2.05, 4.69) is 10.6 Å². The van der Waals surface area contributed by atoms with Gasteiger partial charge in [-0.1, -0.05) is 0 Å². The third-order valence-corrected chi connectivity index (χ3v) is 4.53. The number of nitrogens with one attached hydrogen (secondary N) is 2. The highest BCUT2D eigenvalue weighted by molar-refractivity contribution is 7.89. The van der Waals surface area contributed by atoms with E-state index in [4.69, 9.17) is 5.14 Å². The van der Waals surface area contributed by atoms with Crippen LogP contribution in [-0.2, 0) is 14.8 Å². The number of benzene rings is 1. The molecule has 1 amide bonds. The molecule has 11 heteroatoms. The quantitative estimate of drug-likeness (QED) is 0.458. The fraction of sp³-hybridized carbons (Fsp3) is 0.462. The first-order valence-corrected chi connectivity index (χ1v) is 8.87. The average Bonchev–Trinajstić information content (AvgIpc) is 2.54. The number of nitro benzene ring substituents is 1. The molecule has 0 bridgehead atoms. The SMILES string of the molecule is NS(=O)(=O)c1ccc(NCCC(=O)N2CCNCC2)c([N+](=O)[O-])c1. The van der Waals surface area contributed by atoms with E-state index in [0.29, 0.717) is 13.1 Å². The summed E-state index contributed by atoms with van der Waals surface area (Å²) in [4.78, 5) is 23.8. The van der Waals surface area contributed by atoms with Gasteiger partial charge in [-0.2, -0.15) is 0 Å². The zero-order chi connectivity index (χ0) is 17.7. The smallest absolute Gasteiger partial charge is 0.293 e. The minimum Gasteiger partial charge on any atom is -0.379 e. The Morgan fingerprint density at radius 1 is 1.38 bits per heavy atom. The predicted octanol–water partition coefficient (Wildman–Crippen LogP) is -0.524. The number of hydrogen-bond acceptors (Lipinski definition) is 7. The molecule has 0 aliphatic carbocycles. The molecular weight excluding hydrogens is 338 g/mol. The Balaban J connectivity index is 2.01. The highest BCUT2D eigenvalue weighted by atomic mass is 32.2. The third-order valence-electron chi connectivity index (χ3n) is 3.62. The molecule has 1 saturated heterocycles. The monoisotopic (exact) mass is 357 g/mol. The van der Waals surface area contributed by atoms with E-state index in [9.17, 15) is 23.3 Å². The fourth-order valence-electron chi connectivity index (χ4n) is 2.37. The van der Waals surface area contributed by atoms with Gasteiger partial charge in [0.05, 0.1) is 9.82 Å².